The van der Waals surface area contributed by atoms with Gasteiger partial charge in [0.1, 0.15) is 10.8 Å². The molecule has 1 aromatic rings. The molecule has 0 radical (unpaired) electrons. The van der Waals surface area contributed by atoms with Crippen LogP contribution in [-0.2, 0) is 12.8 Å². The molecule has 14 heavy (non-hydrogen) atoms. The Morgan fingerprint density at radius 3 is 3.00 bits per heavy atom. The minimum absolute atomic E-state index is 0.815. The fraction of sp³-hybridized carbons (Fsp3) is 0.600. The SMILES string of the molecule is CCNc1c2c(nn1C(C)=S)CCC2. The summed E-state index contributed by atoms with van der Waals surface area (Å²) in [4.78, 5) is 0.815. The Kier molecular flexibility index (Phi) is 2.54. The van der Waals surface area contributed by atoms with E-state index in [1.54, 1.807) is 0 Å². The fourth-order valence-corrected chi connectivity index (χ4v) is 2.10. The number of rotatable bonds is 2. The van der Waals surface area contributed by atoms with Gasteiger partial charge in [-0.2, -0.15) is 5.10 Å². The Morgan fingerprint density at radius 2 is 2.36 bits per heavy atom. The lowest BCUT2D eigenvalue weighted by atomic mass is 10.2. The van der Waals surface area contributed by atoms with Crippen LogP contribution in [0.5, 0.6) is 0 Å². The van der Waals surface area contributed by atoms with Crippen molar-refractivity contribution in [1.29, 1.82) is 0 Å². The largest absolute Gasteiger partial charge is 0.370 e. The average molecular weight is 209 g/mol. The van der Waals surface area contributed by atoms with Crippen LogP contribution in [0.1, 0.15) is 31.5 Å². The first kappa shape index (κ1) is 9.65. The van der Waals surface area contributed by atoms with Gasteiger partial charge in [0, 0.05) is 12.1 Å². The minimum atomic E-state index is 0.815. The van der Waals surface area contributed by atoms with E-state index in [1.807, 2.05) is 11.6 Å². The molecule has 0 fully saturated rings. The maximum Gasteiger partial charge on any atom is 0.133 e. The van der Waals surface area contributed by atoms with Crippen LogP contribution in [0.4, 0.5) is 5.82 Å². The predicted octanol–water partition coefficient (Wildman–Crippen LogP) is 2.00. The summed E-state index contributed by atoms with van der Waals surface area (Å²) in [6.07, 6.45) is 3.47. The number of aromatic nitrogens is 2. The molecule has 0 saturated heterocycles. The monoisotopic (exact) mass is 209 g/mol. The molecule has 1 aliphatic rings. The van der Waals surface area contributed by atoms with Gasteiger partial charge in [-0.05, 0) is 33.1 Å². The summed E-state index contributed by atoms with van der Waals surface area (Å²) in [5.74, 6) is 1.12. The highest BCUT2D eigenvalue weighted by Crippen LogP contribution is 2.28. The van der Waals surface area contributed by atoms with Gasteiger partial charge in [0.15, 0.2) is 0 Å². The number of hydrogen-bond donors (Lipinski definition) is 1. The van der Waals surface area contributed by atoms with Gasteiger partial charge in [-0.3, -0.25) is 0 Å². The zero-order valence-electron chi connectivity index (χ0n) is 8.63. The Labute approximate surface area is 89.5 Å². The number of hydrogen-bond acceptors (Lipinski definition) is 3. The predicted molar refractivity (Wildman–Crippen MR) is 62.1 cm³/mol. The highest BCUT2D eigenvalue weighted by atomic mass is 32.1. The van der Waals surface area contributed by atoms with Gasteiger partial charge in [-0.25, -0.2) is 4.68 Å². The highest BCUT2D eigenvalue weighted by Gasteiger charge is 2.22. The van der Waals surface area contributed by atoms with Crippen molar-refractivity contribution in [3.05, 3.63) is 11.3 Å². The van der Waals surface area contributed by atoms with E-state index in [2.05, 4.69) is 17.3 Å². The van der Waals surface area contributed by atoms with Crippen molar-refractivity contribution >= 4 is 23.0 Å². The smallest absolute Gasteiger partial charge is 0.133 e. The second kappa shape index (κ2) is 3.69. The van der Waals surface area contributed by atoms with Crippen LogP contribution in [0, 0.1) is 0 Å². The molecule has 0 bridgehead atoms. The molecule has 1 aromatic heterocycles. The maximum atomic E-state index is 5.17. The molecule has 0 amide bonds. The second-order valence-corrected chi connectivity index (χ2v) is 4.18. The lowest BCUT2D eigenvalue weighted by Gasteiger charge is -2.08. The molecule has 1 N–H and O–H groups in total. The molecule has 1 aliphatic carbocycles. The van der Waals surface area contributed by atoms with Crippen molar-refractivity contribution in [1.82, 2.24) is 9.78 Å². The molecule has 0 saturated carbocycles. The Balaban J connectivity index is 2.45. The zero-order valence-corrected chi connectivity index (χ0v) is 9.45. The van der Waals surface area contributed by atoms with E-state index < -0.39 is 0 Å². The molecule has 1 heterocycles. The van der Waals surface area contributed by atoms with Gasteiger partial charge in [-0.15, -0.1) is 0 Å². The number of aryl methyl sites for hydroxylation is 1. The number of nitrogens with zero attached hydrogens (tertiary/aromatic N) is 2. The molecule has 3 nitrogen and oxygen atoms in total. The van der Waals surface area contributed by atoms with Gasteiger partial charge in [0.05, 0.1) is 5.69 Å². The summed E-state index contributed by atoms with van der Waals surface area (Å²) >= 11 is 5.17. The van der Waals surface area contributed by atoms with E-state index in [0.29, 0.717) is 0 Å². The Morgan fingerprint density at radius 1 is 1.57 bits per heavy atom. The van der Waals surface area contributed by atoms with Gasteiger partial charge < -0.3 is 5.32 Å². The summed E-state index contributed by atoms with van der Waals surface area (Å²) in [6, 6.07) is 0. The third-order valence-corrected chi connectivity index (χ3v) is 2.72. The molecular formula is C10H15N3S. The van der Waals surface area contributed by atoms with Crippen LogP contribution >= 0.6 is 12.2 Å². The first-order valence-corrected chi connectivity index (χ1v) is 5.50. The molecule has 0 unspecified atom stereocenters. The maximum absolute atomic E-state index is 5.17. The van der Waals surface area contributed by atoms with Gasteiger partial charge in [-0.1, -0.05) is 12.2 Å². The first-order valence-electron chi connectivity index (χ1n) is 5.09. The van der Waals surface area contributed by atoms with Crippen LogP contribution in [0.15, 0.2) is 0 Å². The number of thiocarbonyl (C=S) groups is 1. The molecular weight excluding hydrogens is 194 g/mol. The van der Waals surface area contributed by atoms with E-state index in [-0.39, 0.29) is 0 Å². The quantitative estimate of drug-likeness (QED) is 0.756. The Bertz CT molecular complexity index is 368. The van der Waals surface area contributed by atoms with E-state index in [4.69, 9.17) is 12.2 Å². The van der Waals surface area contributed by atoms with Crippen LogP contribution in [0.3, 0.4) is 0 Å². The third-order valence-electron chi connectivity index (χ3n) is 2.55. The molecule has 76 valence electrons. The first-order chi connectivity index (χ1) is 6.74. The summed E-state index contributed by atoms with van der Waals surface area (Å²) < 4.78 is 1.86. The number of fused-ring (bicyclic) bond motifs is 1. The van der Waals surface area contributed by atoms with E-state index >= 15 is 0 Å². The van der Waals surface area contributed by atoms with Crippen LogP contribution in [-0.4, -0.2) is 21.3 Å². The summed E-state index contributed by atoms with van der Waals surface area (Å²) in [7, 11) is 0. The normalized spacial score (nSPS) is 14.1. The van der Waals surface area contributed by atoms with E-state index in [9.17, 15) is 0 Å². The van der Waals surface area contributed by atoms with E-state index in [0.717, 1.165) is 30.2 Å². The summed E-state index contributed by atoms with van der Waals surface area (Å²) in [6.45, 7) is 4.93. The number of anilines is 1. The third kappa shape index (κ3) is 1.43. The summed E-state index contributed by atoms with van der Waals surface area (Å²) in [5, 5.41) is 7.87. The van der Waals surface area contributed by atoms with Crippen molar-refractivity contribution in [3.8, 4) is 0 Å². The van der Waals surface area contributed by atoms with Crippen molar-refractivity contribution in [3.63, 3.8) is 0 Å². The highest BCUT2D eigenvalue weighted by molar-refractivity contribution is 7.80. The van der Waals surface area contributed by atoms with Gasteiger partial charge >= 0.3 is 0 Å². The van der Waals surface area contributed by atoms with Crippen molar-refractivity contribution in [2.24, 2.45) is 0 Å². The van der Waals surface area contributed by atoms with Crippen molar-refractivity contribution < 1.29 is 0 Å². The fourth-order valence-electron chi connectivity index (χ4n) is 1.97. The minimum Gasteiger partial charge on any atom is -0.370 e. The second-order valence-electron chi connectivity index (χ2n) is 3.59. The van der Waals surface area contributed by atoms with E-state index in [1.165, 1.54) is 17.7 Å². The topological polar surface area (TPSA) is 29.9 Å². The molecule has 4 heteroatoms. The van der Waals surface area contributed by atoms with Crippen LogP contribution in [0.25, 0.3) is 0 Å². The number of nitrogens with one attached hydrogen (secondary N) is 1. The van der Waals surface area contributed by atoms with Crippen molar-refractivity contribution in [2.75, 3.05) is 11.9 Å². The lowest BCUT2D eigenvalue weighted by molar-refractivity contribution is 0.829. The molecule has 2 rings (SSSR count). The van der Waals surface area contributed by atoms with Crippen LogP contribution in [0.2, 0.25) is 0 Å². The summed E-state index contributed by atoms with van der Waals surface area (Å²) in [5.41, 5.74) is 2.60. The van der Waals surface area contributed by atoms with Crippen molar-refractivity contribution in [2.45, 2.75) is 33.1 Å². The molecule has 0 aromatic carbocycles. The molecule has 0 atom stereocenters. The van der Waals surface area contributed by atoms with Gasteiger partial charge in [0.25, 0.3) is 0 Å². The average Bonchev–Trinajstić information content (AvgIpc) is 2.67. The van der Waals surface area contributed by atoms with Gasteiger partial charge in [0.2, 0.25) is 0 Å². The molecule has 0 spiro atoms. The molecule has 0 aliphatic heterocycles. The standard InChI is InChI=1S/C10H15N3S/c1-3-11-10-8-5-4-6-9(8)12-13(10)7(2)14/h11H,3-6H2,1-2H3. The van der Waals surface area contributed by atoms with Crippen LogP contribution < -0.4 is 5.32 Å². The Hall–Kier alpha value is -0.900. The lowest BCUT2D eigenvalue weighted by Crippen LogP contribution is -2.13. The zero-order chi connectivity index (χ0) is 10.1.